The Labute approximate surface area is 193 Å². The third kappa shape index (κ3) is 4.59. The summed E-state index contributed by atoms with van der Waals surface area (Å²) in [5.74, 6) is 0.587. The molecular weight excluding hydrogens is 414 g/mol. The summed E-state index contributed by atoms with van der Waals surface area (Å²) in [6.07, 6.45) is 9.44. The van der Waals surface area contributed by atoms with Gasteiger partial charge < -0.3 is 24.9 Å². The number of aryl methyl sites for hydroxylation is 1. The minimum Gasteiger partial charge on any atom is -0.384 e. The number of fused-ring (bicyclic) bond motifs is 1. The summed E-state index contributed by atoms with van der Waals surface area (Å²) in [5.41, 5.74) is 8.04. The van der Waals surface area contributed by atoms with Gasteiger partial charge in [0, 0.05) is 31.5 Å². The maximum Gasteiger partial charge on any atom is 0.261 e. The Morgan fingerprint density at radius 1 is 1.21 bits per heavy atom. The molecule has 0 bridgehead atoms. The number of ether oxygens (including phenoxy) is 1. The summed E-state index contributed by atoms with van der Waals surface area (Å²) in [4.78, 5) is 26.2. The third-order valence-electron chi connectivity index (χ3n) is 6.44. The van der Waals surface area contributed by atoms with Gasteiger partial charge in [-0.05, 0) is 56.9 Å². The van der Waals surface area contributed by atoms with Gasteiger partial charge in [0.05, 0.1) is 29.9 Å². The number of rotatable bonds is 6. The number of morpholine rings is 1. The lowest BCUT2D eigenvalue weighted by molar-refractivity contribution is 0.122. The highest BCUT2D eigenvalue weighted by Gasteiger charge is 2.18. The van der Waals surface area contributed by atoms with Crippen LogP contribution in [-0.2, 0) is 4.74 Å². The second-order valence-corrected chi connectivity index (χ2v) is 8.92. The SMILES string of the molecule is CC1=CC(CCNc2cc[nH]c(=O)c2-c2nc3c(C)cc(N4CCOCC4)cc3[nH]2)=CCC1. The fourth-order valence-corrected chi connectivity index (χ4v) is 4.70. The Balaban J connectivity index is 1.42. The van der Waals surface area contributed by atoms with Crippen LogP contribution in [0.2, 0.25) is 0 Å². The first-order valence-electron chi connectivity index (χ1n) is 11.7. The number of imidazole rings is 1. The van der Waals surface area contributed by atoms with Crippen LogP contribution in [0.3, 0.4) is 0 Å². The van der Waals surface area contributed by atoms with E-state index < -0.39 is 0 Å². The molecule has 0 radical (unpaired) electrons. The van der Waals surface area contributed by atoms with Crippen LogP contribution in [0.4, 0.5) is 11.4 Å². The molecule has 33 heavy (non-hydrogen) atoms. The molecular formula is C26H31N5O2. The molecule has 1 fully saturated rings. The minimum absolute atomic E-state index is 0.155. The maximum atomic E-state index is 12.8. The molecule has 3 aromatic rings. The first-order chi connectivity index (χ1) is 16.1. The van der Waals surface area contributed by atoms with E-state index in [2.05, 4.69) is 58.3 Å². The molecule has 1 aliphatic heterocycles. The Kier molecular flexibility index (Phi) is 6.05. The van der Waals surface area contributed by atoms with Gasteiger partial charge in [-0.25, -0.2) is 4.98 Å². The zero-order chi connectivity index (χ0) is 22.8. The maximum absolute atomic E-state index is 12.8. The van der Waals surface area contributed by atoms with Gasteiger partial charge in [-0.2, -0.15) is 0 Å². The van der Waals surface area contributed by atoms with E-state index in [1.54, 1.807) is 6.20 Å². The highest BCUT2D eigenvalue weighted by Crippen LogP contribution is 2.29. The smallest absolute Gasteiger partial charge is 0.261 e. The molecule has 0 amide bonds. The number of H-pyrrole nitrogens is 2. The van der Waals surface area contributed by atoms with Gasteiger partial charge in [0.25, 0.3) is 5.56 Å². The van der Waals surface area contributed by atoms with Crippen molar-refractivity contribution in [1.29, 1.82) is 0 Å². The van der Waals surface area contributed by atoms with Crippen LogP contribution in [0, 0.1) is 6.92 Å². The number of hydrogen-bond donors (Lipinski definition) is 3. The number of allylic oxidation sites excluding steroid dienone is 3. The molecule has 172 valence electrons. The highest BCUT2D eigenvalue weighted by atomic mass is 16.5. The molecule has 7 nitrogen and oxygen atoms in total. The topological polar surface area (TPSA) is 86.0 Å². The summed E-state index contributed by atoms with van der Waals surface area (Å²) >= 11 is 0. The van der Waals surface area contributed by atoms with Crippen molar-refractivity contribution in [3.05, 3.63) is 63.6 Å². The zero-order valence-electron chi connectivity index (χ0n) is 19.3. The summed E-state index contributed by atoms with van der Waals surface area (Å²) in [5, 5.41) is 3.46. The largest absolute Gasteiger partial charge is 0.384 e. The third-order valence-corrected chi connectivity index (χ3v) is 6.44. The quantitative estimate of drug-likeness (QED) is 0.519. The van der Waals surface area contributed by atoms with Crippen LogP contribution in [0.1, 0.15) is 31.7 Å². The number of benzene rings is 1. The summed E-state index contributed by atoms with van der Waals surface area (Å²) < 4.78 is 5.49. The van der Waals surface area contributed by atoms with Crippen LogP contribution in [-0.4, -0.2) is 47.8 Å². The molecule has 5 rings (SSSR count). The van der Waals surface area contributed by atoms with Gasteiger partial charge in [-0.3, -0.25) is 4.79 Å². The van der Waals surface area contributed by atoms with Crippen LogP contribution in [0.15, 0.2) is 52.5 Å². The summed E-state index contributed by atoms with van der Waals surface area (Å²) in [6.45, 7) is 8.25. The van der Waals surface area contributed by atoms with Gasteiger partial charge in [0.1, 0.15) is 11.4 Å². The molecule has 7 heteroatoms. The van der Waals surface area contributed by atoms with Crippen molar-refractivity contribution in [1.82, 2.24) is 15.0 Å². The molecule has 1 aliphatic carbocycles. The number of hydrogen-bond acceptors (Lipinski definition) is 5. The normalized spacial score (nSPS) is 16.6. The van der Waals surface area contributed by atoms with Crippen molar-refractivity contribution in [2.45, 2.75) is 33.1 Å². The molecule has 0 saturated carbocycles. The zero-order valence-corrected chi connectivity index (χ0v) is 19.3. The predicted octanol–water partition coefficient (Wildman–Crippen LogP) is 4.53. The number of pyridine rings is 1. The number of anilines is 2. The van der Waals surface area contributed by atoms with E-state index in [1.165, 1.54) is 11.1 Å². The van der Waals surface area contributed by atoms with Gasteiger partial charge in [0.2, 0.25) is 0 Å². The lowest BCUT2D eigenvalue weighted by Crippen LogP contribution is -2.36. The van der Waals surface area contributed by atoms with Crippen molar-refractivity contribution in [2.24, 2.45) is 0 Å². The molecule has 0 unspecified atom stereocenters. The van der Waals surface area contributed by atoms with Crippen molar-refractivity contribution >= 4 is 22.4 Å². The van der Waals surface area contributed by atoms with Gasteiger partial charge >= 0.3 is 0 Å². The standard InChI is InChI=1S/C26H31N5O2/c1-17-4-3-5-19(14-17)6-8-27-21-7-9-28-26(32)23(21)25-29-22-16-20(15-18(2)24(22)30-25)31-10-12-33-13-11-31/h5,7,9,14-16H,3-4,6,8,10-13H2,1-2H3,(H,29,30)(H2,27,28,32). The van der Waals surface area contributed by atoms with E-state index in [4.69, 9.17) is 9.72 Å². The van der Waals surface area contributed by atoms with Gasteiger partial charge in [-0.15, -0.1) is 0 Å². The number of aromatic nitrogens is 3. The number of nitrogens with zero attached hydrogens (tertiary/aromatic N) is 2. The Bertz CT molecular complexity index is 1280. The Morgan fingerprint density at radius 2 is 2.06 bits per heavy atom. The second-order valence-electron chi connectivity index (χ2n) is 8.92. The highest BCUT2D eigenvalue weighted by molar-refractivity contribution is 5.87. The molecule has 0 atom stereocenters. The number of aromatic amines is 2. The van der Waals surface area contributed by atoms with E-state index in [-0.39, 0.29) is 5.56 Å². The molecule has 1 aromatic carbocycles. The second kappa shape index (κ2) is 9.27. The van der Waals surface area contributed by atoms with Crippen molar-refractivity contribution in [2.75, 3.05) is 43.1 Å². The monoisotopic (exact) mass is 445 g/mol. The fourth-order valence-electron chi connectivity index (χ4n) is 4.70. The average molecular weight is 446 g/mol. The first kappa shape index (κ1) is 21.5. The first-order valence-corrected chi connectivity index (χ1v) is 11.7. The molecule has 0 spiro atoms. The van der Waals surface area contributed by atoms with Gasteiger partial charge in [0.15, 0.2) is 0 Å². The Morgan fingerprint density at radius 3 is 2.88 bits per heavy atom. The van der Waals surface area contributed by atoms with Crippen LogP contribution >= 0.6 is 0 Å². The molecule has 3 heterocycles. The van der Waals surface area contributed by atoms with Crippen molar-refractivity contribution in [3.63, 3.8) is 0 Å². The average Bonchev–Trinajstić information content (AvgIpc) is 3.24. The number of nitrogens with one attached hydrogen (secondary N) is 3. The summed E-state index contributed by atoms with van der Waals surface area (Å²) in [7, 11) is 0. The molecule has 3 N–H and O–H groups in total. The van der Waals surface area contributed by atoms with E-state index in [1.807, 2.05) is 6.07 Å². The Hall–Kier alpha value is -3.32. The fraction of sp³-hybridized carbons (Fsp3) is 0.385. The summed E-state index contributed by atoms with van der Waals surface area (Å²) in [6, 6.07) is 6.20. The van der Waals surface area contributed by atoms with Crippen LogP contribution < -0.4 is 15.8 Å². The molecule has 1 saturated heterocycles. The van der Waals surface area contributed by atoms with E-state index in [0.29, 0.717) is 11.4 Å². The molecule has 2 aliphatic rings. The van der Waals surface area contributed by atoms with Crippen LogP contribution in [0.25, 0.3) is 22.4 Å². The van der Waals surface area contributed by atoms with Crippen molar-refractivity contribution in [3.8, 4) is 11.4 Å². The lowest BCUT2D eigenvalue weighted by Gasteiger charge is -2.29. The van der Waals surface area contributed by atoms with Crippen molar-refractivity contribution < 1.29 is 4.74 Å². The predicted molar refractivity (Wildman–Crippen MR) is 134 cm³/mol. The molecule has 2 aromatic heterocycles. The van der Waals surface area contributed by atoms with E-state index in [0.717, 1.165) is 80.1 Å². The minimum atomic E-state index is -0.155. The van der Waals surface area contributed by atoms with Gasteiger partial charge in [-0.1, -0.05) is 23.3 Å². The van der Waals surface area contributed by atoms with E-state index >= 15 is 0 Å². The lowest BCUT2D eigenvalue weighted by atomic mass is 9.99. The van der Waals surface area contributed by atoms with E-state index in [9.17, 15) is 4.79 Å². The van der Waals surface area contributed by atoms with Crippen LogP contribution in [0.5, 0.6) is 0 Å².